The SMILES string of the molecule is CCOc1cccc(Oc2ccc(Cl)cc2CN)c1. The first-order chi connectivity index (χ1) is 9.22. The summed E-state index contributed by atoms with van der Waals surface area (Å²) in [7, 11) is 0. The lowest BCUT2D eigenvalue weighted by atomic mass is 10.2. The van der Waals surface area contributed by atoms with Crippen LogP contribution in [0.3, 0.4) is 0 Å². The summed E-state index contributed by atoms with van der Waals surface area (Å²) >= 11 is 5.93. The summed E-state index contributed by atoms with van der Waals surface area (Å²) in [6.07, 6.45) is 0. The largest absolute Gasteiger partial charge is 0.494 e. The molecule has 0 saturated heterocycles. The van der Waals surface area contributed by atoms with Crippen molar-refractivity contribution in [2.75, 3.05) is 6.61 Å². The van der Waals surface area contributed by atoms with Gasteiger partial charge >= 0.3 is 0 Å². The van der Waals surface area contributed by atoms with E-state index >= 15 is 0 Å². The fourth-order valence-electron chi connectivity index (χ4n) is 1.73. The lowest BCUT2D eigenvalue weighted by Gasteiger charge is -2.11. The maximum atomic E-state index is 5.93. The highest BCUT2D eigenvalue weighted by molar-refractivity contribution is 6.30. The fourth-order valence-corrected chi connectivity index (χ4v) is 1.92. The highest BCUT2D eigenvalue weighted by Gasteiger charge is 2.05. The van der Waals surface area contributed by atoms with Gasteiger partial charge in [-0.2, -0.15) is 0 Å². The van der Waals surface area contributed by atoms with E-state index in [2.05, 4.69) is 0 Å². The molecular weight excluding hydrogens is 262 g/mol. The first kappa shape index (κ1) is 13.7. The number of halogens is 1. The van der Waals surface area contributed by atoms with Gasteiger partial charge in [-0.3, -0.25) is 0 Å². The van der Waals surface area contributed by atoms with Crippen LogP contribution in [-0.4, -0.2) is 6.61 Å². The van der Waals surface area contributed by atoms with E-state index in [4.69, 9.17) is 26.8 Å². The van der Waals surface area contributed by atoms with E-state index in [0.29, 0.717) is 29.7 Å². The Balaban J connectivity index is 2.23. The van der Waals surface area contributed by atoms with Gasteiger partial charge in [-0.1, -0.05) is 17.7 Å². The molecule has 0 amide bonds. The van der Waals surface area contributed by atoms with Gasteiger partial charge in [-0.05, 0) is 37.3 Å². The molecule has 4 heteroatoms. The predicted molar refractivity (Wildman–Crippen MR) is 77.0 cm³/mol. The molecule has 0 unspecified atom stereocenters. The van der Waals surface area contributed by atoms with Gasteiger partial charge in [0.15, 0.2) is 0 Å². The van der Waals surface area contributed by atoms with E-state index in [0.717, 1.165) is 11.3 Å². The van der Waals surface area contributed by atoms with Crippen LogP contribution in [0, 0.1) is 0 Å². The Morgan fingerprint density at radius 1 is 1.11 bits per heavy atom. The van der Waals surface area contributed by atoms with Crippen molar-refractivity contribution in [2.45, 2.75) is 13.5 Å². The lowest BCUT2D eigenvalue weighted by molar-refractivity contribution is 0.338. The third-order valence-electron chi connectivity index (χ3n) is 2.59. The molecule has 100 valence electrons. The quantitative estimate of drug-likeness (QED) is 0.899. The van der Waals surface area contributed by atoms with Gasteiger partial charge < -0.3 is 15.2 Å². The number of hydrogen-bond acceptors (Lipinski definition) is 3. The van der Waals surface area contributed by atoms with Gasteiger partial charge in [0.05, 0.1) is 6.61 Å². The molecule has 2 rings (SSSR count). The second-order valence-electron chi connectivity index (χ2n) is 3.97. The molecule has 2 aromatic rings. The number of benzene rings is 2. The minimum absolute atomic E-state index is 0.376. The van der Waals surface area contributed by atoms with Crippen LogP contribution in [0.4, 0.5) is 0 Å². The molecule has 0 fully saturated rings. The molecule has 0 aliphatic rings. The molecule has 3 nitrogen and oxygen atoms in total. The average Bonchev–Trinajstić information content (AvgIpc) is 2.41. The topological polar surface area (TPSA) is 44.5 Å². The molecule has 0 atom stereocenters. The van der Waals surface area contributed by atoms with Crippen LogP contribution < -0.4 is 15.2 Å². The Kier molecular flexibility index (Phi) is 4.66. The first-order valence-corrected chi connectivity index (χ1v) is 6.50. The van der Waals surface area contributed by atoms with Gasteiger partial charge in [0.2, 0.25) is 0 Å². The molecule has 0 spiro atoms. The molecule has 0 aromatic heterocycles. The Labute approximate surface area is 117 Å². The van der Waals surface area contributed by atoms with Gasteiger partial charge in [0.1, 0.15) is 17.2 Å². The van der Waals surface area contributed by atoms with Crippen molar-refractivity contribution < 1.29 is 9.47 Å². The van der Waals surface area contributed by atoms with Gasteiger partial charge in [-0.25, -0.2) is 0 Å². The normalized spacial score (nSPS) is 10.3. The van der Waals surface area contributed by atoms with E-state index < -0.39 is 0 Å². The van der Waals surface area contributed by atoms with Crippen LogP contribution in [0.1, 0.15) is 12.5 Å². The summed E-state index contributed by atoms with van der Waals surface area (Å²) in [4.78, 5) is 0. The summed E-state index contributed by atoms with van der Waals surface area (Å²) in [5, 5.41) is 0.649. The first-order valence-electron chi connectivity index (χ1n) is 6.12. The second-order valence-corrected chi connectivity index (χ2v) is 4.40. The molecule has 0 radical (unpaired) electrons. The molecule has 0 bridgehead atoms. The molecule has 0 heterocycles. The maximum absolute atomic E-state index is 5.93. The molecule has 0 saturated carbocycles. The van der Waals surface area contributed by atoms with Gasteiger partial charge in [-0.15, -0.1) is 0 Å². The molecule has 2 N–H and O–H groups in total. The number of ether oxygens (including phenoxy) is 2. The smallest absolute Gasteiger partial charge is 0.132 e. The van der Waals surface area contributed by atoms with Crippen LogP contribution in [0.25, 0.3) is 0 Å². The Morgan fingerprint density at radius 2 is 1.89 bits per heavy atom. The Hall–Kier alpha value is -1.71. The maximum Gasteiger partial charge on any atom is 0.132 e. The monoisotopic (exact) mass is 277 g/mol. The van der Waals surface area contributed by atoms with Crippen molar-refractivity contribution in [2.24, 2.45) is 5.73 Å². The van der Waals surface area contributed by atoms with E-state index in [-0.39, 0.29) is 0 Å². The Morgan fingerprint density at radius 3 is 2.63 bits per heavy atom. The number of hydrogen-bond donors (Lipinski definition) is 1. The minimum atomic E-state index is 0.376. The molecule has 0 aliphatic heterocycles. The highest BCUT2D eigenvalue weighted by Crippen LogP contribution is 2.29. The van der Waals surface area contributed by atoms with E-state index in [1.54, 1.807) is 6.07 Å². The lowest BCUT2D eigenvalue weighted by Crippen LogP contribution is -1.99. The molecule has 0 aliphatic carbocycles. The second kappa shape index (κ2) is 6.45. The Bertz CT molecular complexity index is 558. The number of nitrogens with two attached hydrogens (primary N) is 1. The summed E-state index contributed by atoms with van der Waals surface area (Å²) in [6.45, 7) is 2.94. The summed E-state index contributed by atoms with van der Waals surface area (Å²) in [6, 6.07) is 12.9. The van der Waals surface area contributed by atoms with Crippen LogP contribution in [0.15, 0.2) is 42.5 Å². The van der Waals surface area contributed by atoms with Crippen molar-refractivity contribution in [1.29, 1.82) is 0 Å². The zero-order valence-electron chi connectivity index (χ0n) is 10.7. The van der Waals surface area contributed by atoms with Crippen LogP contribution in [0.2, 0.25) is 5.02 Å². The van der Waals surface area contributed by atoms with Crippen LogP contribution in [-0.2, 0) is 6.54 Å². The zero-order valence-corrected chi connectivity index (χ0v) is 11.5. The predicted octanol–water partition coefficient (Wildman–Crippen LogP) is 3.99. The molecule has 19 heavy (non-hydrogen) atoms. The van der Waals surface area contributed by atoms with Crippen molar-refractivity contribution in [1.82, 2.24) is 0 Å². The zero-order chi connectivity index (χ0) is 13.7. The van der Waals surface area contributed by atoms with Gasteiger partial charge in [0.25, 0.3) is 0 Å². The standard InChI is InChI=1S/C15H16ClNO2/c1-2-18-13-4-3-5-14(9-13)19-15-7-6-12(16)8-11(15)10-17/h3-9H,2,10,17H2,1H3. The molecular formula is C15H16ClNO2. The third-order valence-corrected chi connectivity index (χ3v) is 2.82. The van der Waals surface area contributed by atoms with E-state index in [9.17, 15) is 0 Å². The summed E-state index contributed by atoms with van der Waals surface area (Å²) in [5.41, 5.74) is 6.56. The van der Waals surface area contributed by atoms with Crippen molar-refractivity contribution in [3.05, 3.63) is 53.1 Å². The van der Waals surface area contributed by atoms with Crippen molar-refractivity contribution in [3.8, 4) is 17.2 Å². The van der Waals surface area contributed by atoms with Crippen molar-refractivity contribution >= 4 is 11.6 Å². The minimum Gasteiger partial charge on any atom is -0.494 e. The highest BCUT2D eigenvalue weighted by atomic mass is 35.5. The van der Waals surface area contributed by atoms with Gasteiger partial charge in [0, 0.05) is 23.2 Å². The number of rotatable bonds is 5. The van der Waals surface area contributed by atoms with E-state index in [1.165, 1.54) is 0 Å². The summed E-state index contributed by atoms with van der Waals surface area (Å²) < 4.78 is 11.3. The fraction of sp³-hybridized carbons (Fsp3) is 0.200. The van der Waals surface area contributed by atoms with Crippen molar-refractivity contribution in [3.63, 3.8) is 0 Å². The summed E-state index contributed by atoms with van der Waals surface area (Å²) in [5.74, 6) is 2.20. The van der Waals surface area contributed by atoms with E-state index in [1.807, 2.05) is 43.3 Å². The van der Waals surface area contributed by atoms with Crippen LogP contribution >= 0.6 is 11.6 Å². The third kappa shape index (κ3) is 3.63. The molecule has 2 aromatic carbocycles. The van der Waals surface area contributed by atoms with Crippen LogP contribution in [0.5, 0.6) is 17.2 Å². The average molecular weight is 278 g/mol.